The minimum absolute atomic E-state index is 0.110. The predicted octanol–water partition coefficient (Wildman–Crippen LogP) is 2.61. The lowest BCUT2D eigenvalue weighted by Crippen LogP contribution is -2.21. The molecule has 0 saturated carbocycles. The van der Waals surface area contributed by atoms with Gasteiger partial charge in [-0.1, -0.05) is 36.4 Å². The van der Waals surface area contributed by atoms with Crippen molar-refractivity contribution in [3.63, 3.8) is 0 Å². The fraction of sp³-hybridized carbons (Fsp3) is 0.188. The van der Waals surface area contributed by atoms with Gasteiger partial charge in [0.05, 0.1) is 5.56 Å². The average Bonchev–Trinajstić information content (AvgIpc) is 2.69. The number of rotatable bonds is 2. The van der Waals surface area contributed by atoms with Crippen LogP contribution in [-0.4, -0.2) is 17.6 Å². The van der Waals surface area contributed by atoms with Gasteiger partial charge < -0.3 is 15.2 Å². The van der Waals surface area contributed by atoms with Crippen LogP contribution in [-0.2, 0) is 6.54 Å². The number of fused-ring (bicyclic) bond motifs is 1. The van der Waals surface area contributed by atoms with Crippen molar-refractivity contribution in [2.45, 2.75) is 12.6 Å². The Morgan fingerprint density at radius 1 is 1.20 bits per heavy atom. The molecular weight excluding hydrogens is 254 g/mol. The van der Waals surface area contributed by atoms with Crippen LogP contribution in [0.4, 0.5) is 0 Å². The highest BCUT2D eigenvalue weighted by Crippen LogP contribution is 2.29. The van der Waals surface area contributed by atoms with E-state index >= 15 is 0 Å². The van der Waals surface area contributed by atoms with Gasteiger partial charge in [0.25, 0.3) is 0 Å². The van der Waals surface area contributed by atoms with Crippen molar-refractivity contribution in [1.82, 2.24) is 5.32 Å². The molecule has 3 rings (SSSR count). The summed E-state index contributed by atoms with van der Waals surface area (Å²) in [5.41, 5.74) is 2.31. The quantitative estimate of drug-likeness (QED) is 0.880. The molecule has 0 amide bonds. The fourth-order valence-electron chi connectivity index (χ4n) is 2.33. The Morgan fingerprint density at radius 3 is 2.75 bits per heavy atom. The Labute approximate surface area is 117 Å². The number of carbonyl (C=O) groups is 1. The van der Waals surface area contributed by atoms with Gasteiger partial charge in [0.2, 0.25) is 0 Å². The molecule has 2 aromatic carbocycles. The van der Waals surface area contributed by atoms with Gasteiger partial charge in [0.1, 0.15) is 11.9 Å². The van der Waals surface area contributed by atoms with Crippen LogP contribution in [0, 0.1) is 0 Å². The summed E-state index contributed by atoms with van der Waals surface area (Å²) >= 11 is 0. The zero-order valence-corrected chi connectivity index (χ0v) is 10.9. The van der Waals surface area contributed by atoms with Gasteiger partial charge in [-0.2, -0.15) is 0 Å². The molecule has 0 aliphatic carbocycles. The van der Waals surface area contributed by atoms with E-state index in [1.165, 1.54) is 0 Å². The van der Waals surface area contributed by atoms with Crippen LogP contribution in [0.25, 0.3) is 0 Å². The Hall–Kier alpha value is -2.33. The molecule has 0 aromatic heterocycles. The third kappa shape index (κ3) is 2.51. The highest BCUT2D eigenvalue weighted by atomic mass is 16.5. The monoisotopic (exact) mass is 269 g/mol. The summed E-state index contributed by atoms with van der Waals surface area (Å²) in [5.74, 6) is -0.298. The van der Waals surface area contributed by atoms with Crippen molar-refractivity contribution in [3.05, 3.63) is 65.2 Å². The van der Waals surface area contributed by atoms with E-state index in [1.807, 2.05) is 30.3 Å². The molecule has 2 aromatic rings. The third-order valence-corrected chi connectivity index (χ3v) is 3.40. The molecule has 0 fully saturated rings. The van der Waals surface area contributed by atoms with E-state index < -0.39 is 5.97 Å². The Morgan fingerprint density at radius 2 is 2.00 bits per heavy atom. The zero-order valence-electron chi connectivity index (χ0n) is 10.9. The summed E-state index contributed by atoms with van der Waals surface area (Å²) in [5, 5.41) is 12.4. The van der Waals surface area contributed by atoms with Gasteiger partial charge in [-0.15, -0.1) is 0 Å². The van der Waals surface area contributed by atoms with E-state index in [0.29, 0.717) is 18.8 Å². The second-order valence-corrected chi connectivity index (χ2v) is 4.78. The van der Waals surface area contributed by atoms with Gasteiger partial charge in [-0.3, -0.25) is 0 Å². The van der Waals surface area contributed by atoms with E-state index in [2.05, 4.69) is 5.32 Å². The lowest BCUT2D eigenvalue weighted by atomic mass is 10.1. The molecule has 1 aliphatic heterocycles. The van der Waals surface area contributed by atoms with Gasteiger partial charge in [0, 0.05) is 18.7 Å². The first kappa shape index (κ1) is 12.7. The highest BCUT2D eigenvalue weighted by Gasteiger charge is 2.20. The smallest absolute Gasteiger partial charge is 0.335 e. The van der Waals surface area contributed by atoms with E-state index in [0.717, 1.165) is 11.1 Å². The molecule has 0 radical (unpaired) electrons. The number of aromatic carboxylic acids is 1. The maximum atomic E-state index is 11.1. The number of nitrogens with one attached hydrogen (secondary N) is 1. The topological polar surface area (TPSA) is 58.6 Å². The van der Waals surface area contributed by atoms with Crippen LogP contribution < -0.4 is 10.1 Å². The molecular formula is C16H15NO3. The summed E-state index contributed by atoms with van der Waals surface area (Å²) in [6, 6.07) is 14.9. The van der Waals surface area contributed by atoms with Crippen LogP contribution in [0.3, 0.4) is 0 Å². The number of carboxylic acid groups (broad SMARTS) is 1. The Balaban J connectivity index is 1.94. The summed E-state index contributed by atoms with van der Waals surface area (Å²) < 4.78 is 6.01. The fourth-order valence-corrected chi connectivity index (χ4v) is 2.33. The summed E-state index contributed by atoms with van der Waals surface area (Å²) in [6.45, 7) is 1.37. The van der Waals surface area contributed by atoms with Crippen LogP contribution in [0.15, 0.2) is 48.5 Å². The first-order valence-corrected chi connectivity index (χ1v) is 6.52. The molecule has 1 atom stereocenters. The van der Waals surface area contributed by atoms with Crippen molar-refractivity contribution in [2.24, 2.45) is 0 Å². The minimum Gasteiger partial charge on any atom is -0.484 e. The SMILES string of the molecule is O=C(O)c1ccc2c(c1)O[C@H](c1ccccc1)CNC2. The summed E-state index contributed by atoms with van der Waals surface area (Å²) in [4.78, 5) is 11.1. The molecule has 4 nitrogen and oxygen atoms in total. The van der Waals surface area contributed by atoms with Crippen LogP contribution in [0.5, 0.6) is 5.75 Å². The first-order chi connectivity index (χ1) is 9.74. The average molecular weight is 269 g/mol. The predicted molar refractivity (Wildman–Crippen MR) is 74.9 cm³/mol. The van der Waals surface area contributed by atoms with Crippen molar-refractivity contribution in [2.75, 3.05) is 6.54 Å². The maximum Gasteiger partial charge on any atom is 0.335 e. The van der Waals surface area contributed by atoms with Gasteiger partial charge >= 0.3 is 5.97 Å². The minimum atomic E-state index is -0.940. The second-order valence-electron chi connectivity index (χ2n) is 4.78. The standard InChI is InChI=1S/C16H15NO3/c18-16(19)12-6-7-13-9-17-10-15(20-14(13)8-12)11-4-2-1-3-5-11/h1-8,15,17H,9-10H2,(H,18,19)/t15-/m0/s1. The largest absolute Gasteiger partial charge is 0.484 e. The molecule has 0 saturated heterocycles. The molecule has 1 heterocycles. The lowest BCUT2D eigenvalue weighted by Gasteiger charge is -2.17. The summed E-state index contributed by atoms with van der Waals surface area (Å²) in [7, 11) is 0. The van der Waals surface area contributed by atoms with E-state index in [4.69, 9.17) is 9.84 Å². The Kier molecular flexibility index (Phi) is 3.39. The van der Waals surface area contributed by atoms with Crippen molar-refractivity contribution >= 4 is 5.97 Å². The number of carboxylic acids is 1. The first-order valence-electron chi connectivity index (χ1n) is 6.52. The normalized spacial score (nSPS) is 17.7. The van der Waals surface area contributed by atoms with Crippen molar-refractivity contribution in [3.8, 4) is 5.75 Å². The van der Waals surface area contributed by atoms with Gasteiger partial charge in [-0.25, -0.2) is 4.79 Å². The lowest BCUT2D eigenvalue weighted by molar-refractivity contribution is 0.0696. The highest BCUT2D eigenvalue weighted by molar-refractivity contribution is 5.88. The van der Waals surface area contributed by atoms with Gasteiger partial charge in [0.15, 0.2) is 0 Å². The van der Waals surface area contributed by atoms with Crippen LogP contribution >= 0.6 is 0 Å². The van der Waals surface area contributed by atoms with E-state index in [1.54, 1.807) is 18.2 Å². The molecule has 0 bridgehead atoms. The van der Waals surface area contributed by atoms with Crippen molar-refractivity contribution < 1.29 is 14.6 Å². The number of hydrogen-bond donors (Lipinski definition) is 2. The molecule has 4 heteroatoms. The number of hydrogen-bond acceptors (Lipinski definition) is 3. The molecule has 0 unspecified atom stereocenters. The van der Waals surface area contributed by atoms with E-state index in [9.17, 15) is 4.79 Å². The molecule has 0 spiro atoms. The second kappa shape index (κ2) is 5.35. The van der Waals surface area contributed by atoms with Crippen LogP contribution in [0.1, 0.15) is 27.6 Å². The van der Waals surface area contributed by atoms with Crippen LogP contribution in [0.2, 0.25) is 0 Å². The number of ether oxygens (including phenoxy) is 1. The Bertz CT molecular complexity index is 625. The zero-order chi connectivity index (χ0) is 13.9. The molecule has 20 heavy (non-hydrogen) atoms. The maximum absolute atomic E-state index is 11.1. The van der Waals surface area contributed by atoms with Crippen molar-refractivity contribution in [1.29, 1.82) is 0 Å². The third-order valence-electron chi connectivity index (χ3n) is 3.40. The molecule has 1 aliphatic rings. The summed E-state index contributed by atoms with van der Waals surface area (Å²) in [6.07, 6.45) is -0.110. The number of benzene rings is 2. The molecule has 2 N–H and O–H groups in total. The van der Waals surface area contributed by atoms with Gasteiger partial charge in [-0.05, 0) is 17.7 Å². The molecule has 102 valence electrons. The van der Waals surface area contributed by atoms with E-state index in [-0.39, 0.29) is 11.7 Å².